The van der Waals surface area contributed by atoms with Crippen LogP contribution in [0, 0.1) is 11.3 Å². The maximum absolute atomic E-state index is 11.2. The van der Waals surface area contributed by atoms with Crippen molar-refractivity contribution in [1.82, 2.24) is 5.32 Å². The van der Waals surface area contributed by atoms with Gasteiger partial charge in [-0.3, -0.25) is 4.79 Å². The number of carbonyl (C=O) groups is 1. The zero-order valence-corrected chi connectivity index (χ0v) is 7.89. The van der Waals surface area contributed by atoms with Gasteiger partial charge in [0.25, 0.3) is 0 Å². The van der Waals surface area contributed by atoms with Crippen LogP contribution in [-0.4, -0.2) is 11.9 Å². The number of amides is 1. The van der Waals surface area contributed by atoms with Gasteiger partial charge >= 0.3 is 0 Å². The van der Waals surface area contributed by atoms with Crippen molar-refractivity contribution < 1.29 is 4.79 Å². The quantitative estimate of drug-likeness (QED) is 0.584. The van der Waals surface area contributed by atoms with E-state index in [-0.39, 0.29) is 5.91 Å². The number of hydrogen-bond acceptors (Lipinski definition) is 1. The predicted octanol–water partition coefficient (Wildman–Crippen LogP) is 1.70. The van der Waals surface area contributed by atoms with Gasteiger partial charge < -0.3 is 5.32 Å². The Morgan fingerprint density at radius 1 is 1.50 bits per heavy atom. The van der Waals surface area contributed by atoms with Gasteiger partial charge in [0.15, 0.2) is 0 Å². The lowest BCUT2D eigenvalue weighted by Gasteiger charge is -2.31. The minimum atomic E-state index is 0.260. The van der Waals surface area contributed by atoms with E-state index in [4.69, 9.17) is 0 Å². The van der Waals surface area contributed by atoms with E-state index in [9.17, 15) is 4.79 Å². The molecule has 1 N–H and O–H groups in total. The average molecular weight is 167 g/mol. The van der Waals surface area contributed by atoms with Gasteiger partial charge in [0.2, 0.25) is 5.91 Å². The highest BCUT2D eigenvalue weighted by Gasteiger charge is 2.50. The largest absolute Gasteiger partial charge is 0.353 e. The molecule has 12 heavy (non-hydrogen) atoms. The van der Waals surface area contributed by atoms with Gasteiger partial charge in [0, 0.05) is 17.9 Å². The third-order valence-corrected chi connectivity index (χ3v) is 3.99. The van der Waals surface area contributed by atoms with Gasteiger partial charge in [-0.2, -0.15) is 0 Å². The van der Waals surface area contributed by atoms with Crippen LogP contribution >= 0.6 is 0 Å². The average Bonchev–Trinajstić information content (AvgIpc) is 2.44. The van der Waals surface area contributed by atoms with E-state index < -0.39 is 0 Å². The number of rotatable bonds is 0. The van der Waals surface area contributed by atoms with Gasteiger partial charge in [-0.25, -0.2) is 0 Å². The molecular formula is C10H17NO. The van der Waals surface area contributed by atoms with Crippen molar-refractivity contribution in [2.24, 2.45) is 11.3 Å². The summed E-state index contributed by atoms with van der Waals surface area (Å²) in [6, 6.07) is 0.405. The maximum atomic E-state index is 11.2. The summed E-state index contributed by atoms with van der Waals surface area (Å²) in [6.07, 6.45) is 4.63. The molecule has 68 valence electrons. The van der Waals surface area contributed by atoms with E-state index in [0.717, 1.165) is 12.3 Å². The summed E-state index contributed by atoms with van der Waals surface area (Å²) < 4.78 is 0. The van der Waals surface area contributed by atoms with Gasteiger partial charge in [0.05, 0.1) is 0 Å². The molecule has 1 saturated carbocycles. The summed E-state index contributed by atoms with van der Waals surface area (Å²) in [7, 11) is 0. The van der Waals surface area contributed by atoms with Crippen LogP contribution in [0.25, 0.3) is 0 Å². The Labute approximate surface area is 73.7 Å². The molecule has 2 aliphatic rings. The second-order valence-corrected chi connectivity index (χ2v) is 4.49. The van der Waals surface area contributed by atoms with Gasteiger partial charge in [0.1, 0.15) is 0 Å². The monoisotopic (exact) mass is 167 g/mol. The molecule has 3 unspecified atom stereocenters. The van der Waals surface area contributed by atoms with Crippen LogP contribution in [0.2, 0.25) is 0 Å². The van der Waals surface area contributed by atoms with Crippen molar-refractivity contribution in [3.8, 4) is 0 Å². The van der Waals surface area contributed by atoms with Gasteiger partial charge in [-0.1, -0.05) is 19.8 Å². The van der Waals surface area contributed by atoms with E-state index in [2.05, 4.69) is 19.2 Å². The van der Waals surface area contributed by atoms with Crippen molar-refractivity contribution in [2.45, 2.75) is 45.6 Å². The van der Waals surface area contributed by atoms with Gasteiger partial charge in [-0.05, 0) is 19.3 Å². The van der Waals surface area contributed by atoms with E-state index in [1.807, 2.05) is 0 Å². The molecule has 2 rings (SSSR count). The van der Waals surface area contributed by atoms with E-state index in [0.29, 0.717) is 11.5 Å². The lowest BCUT2D eigenvalue weighted by Crippen LogP contribution is -2.36. The molecule has 1 spiro atoms. The molecule has 1 aliphatic heterocycles. The van der Waals surface area contributed by atoms with Crippen LogP contribution in [0.5, 0.6) is 0 Å². The molecule has 2 fully saturated rings. The van der Waals surface area contributed by atoms with Crippen molar-refractivity contribution in [2.75, 3.05) is 0 Å². The molecule has 1 heterocycles. The van der Waals surface area contributed by atoms with Crippen molar-refractivity contribution in [3.05, 3.63) is 0 Å². The molecule has 0 bridgehead atoms. The second kappa shape index (κ2) is 2.48. The Hall–Kier alpha value is -0.530. The highest BCUT2D eigenvalue weighted by molar-refractivity contribution is 5.80. The second-order valence-electron chi connectivity index (χ2n) is 4.49. The first kappa shape index (κ1) is 8.09. The first-order valence-electron chi connectivity index (χ1n) is 4.94. The normalized spacial score (nSPS) is 47.0. The smallest absolute Gasteiger partial charge is 0.220 e. The SMILES string of the molecule is CC1CCCC12CC(=O)NC2C. The highest BCUT2D eigenvalue weighted by atomic mass is 16.2. The third-order valence-electron chi connectivity index (χ3n) is 3.99. The van der Waals surface area contributed by atoms with Crippen LogP contribution in [-0.2, 0) is 4.79 Å². The topological polar surface area (TPSA) is 29.1 Å². The number of carbonyl (C=O) groups excluding carboxylic acids is 1. The van der Waals surface area contributed by atoms with Gasteiger partial charge in [-0.15, -0.1) is 0 Å². The lowest BCUT2D eigenvalue weighted by atomic mass is 9.73. The maximum Gasteiger partial charge on any atom is 0.220 e. The van der Waals surface area contributed by atoms with Crippen LogP contribution < -0.4 is 5.32 Å². The number of nitrogens with one attached hydrogen (secondary N) is 1. The molecule has 0 aromatic carbocycles. The summed E-state index contributed by atoms with van der Waals surface area (Å²) >= 11 is 0. The Morgan fingerprint density at radius 2 is 2.25 bits per heavy atom. The molecule has 0 radical (unpaired) electrons. The molecule has 0 aromatic rings. The van der Waals surface area contributed by atoms with Crippen molar-refractivity contribution in [3.63, 3.8) is 0 Å². The molecule has 3 atom stereocenters. The van der Waals surface area contributed by atoms with Crippen LogP contribution in [0.1, 0.15) is 39.5 Å². The molecule has 1 aliphatic carbocycles. The molecule has 2 heteroatoms. The van der Waals surface area contributed by atoms with Crippen LogP contribution in [0.15, 0.2) is 0 Å². The van der Waals surface area contributed by atoms with Crippen LogP contribution in [0.4, 0.5) is 0 Å². The fraction of sp³-hybridized carbons (Fsp3) is 0.900. The zero-order valence-electron chi connectivity index (χ0n) is 7.89. The fourth-order valence-corrected chi connectivity index (χ4v) is 3.07. The Kier molecular flexibility index (Phi) is 1.67. The third kappa shape index (κ3) is 0.900. The zero-order chi connectivity index (χ0) is 8.77. The molecule has 2 nitrogen and oxygen atoms in total. The van der Waals surface area contributed by atoms with E-state index >= 15 is 0 Å². The Morgan fingerprint density at radius 3 is 2.67 bits per heavy atom. The Balaban J connectivity index is 2.24. The molecular weight excluding hydrogens is 150 g/mol. The summed E-state index contributed by atoms with van der Waals surface area (Å²) in [5.74, 6) is 0.989. The first-order chi connectivity index (χ1) is 5.65. The Bertz CT molecular complexity index is 214. The summed E-state index contributed by atoms with van der Waals surface area (Å²) in [6.45, 7) is 4.45. The lowest BCUT2D eigenvalue weighted by molar-refractivity contribution is -0.119. The highest BCUT2D eigenvalue weighted by Crippen LogP contribution is 2.50. The van der Waals surface area contributed by atoms with Crippen LogP contribution in [0.3, 0.4) is 0 Å². The van der Waals surface area contributed by atoms with E-state index in [1.165, 1.54) is 19.3 Å². The summed E-state index contributed by atoms with van der Waals surface area (Å²) in [5, 5.41) is 3.04. The molecule has 1 amide bonds. The summed E-state index contributed by atoms with van der Waals surface area (Å²) in [4.78, 5) is 11.2. The fourth-order valence-electron chi connectivity index (χ4n) is 3.07. The molecule has 1 saturated heterocycles. The molecule has 0 aromatic heterocycles. The first-order valence-corrected chi connectivity index (χ1v) is 4.94. The van der Waals surface area contributed by atoms with Crippen molar-refractivity contribution >= 4 is 5.91 Å². The standard InChI is InChI=1S/C10H17NO/c1-7-4-3-5-10(7)6-9(12)11-8(10)2/h7-8H,3-6H2,1-2H3,(H,11,12). The number of hydrogen-bond donors (Lipinski definition) is 1. The van der Waals surface area contributed by atoms with E-state index in [1.54, 1.807) is 0 Å². The summed E-state index contributed by atoms with van der Waals surface area (Å²) in [5.41, 5.74) is 0.317. The predicted molar refractivity (Wildman–Crippen MR) is 47.7 cm³/mol. The minimum absolute atomic E-state index is 0.260. The minimum Gasteiger partial charge on any atom is -0.353 e. The van der Waals surface area contributed by atoms with Crippen molar-refractivity contribution in [1.29, 1.82) is 0 Å².